The van der Waals surface area contributed by atoms with Gasteiger partial charge in [0.05, 0.1) is 10.7 Å². The third kappa shape index (κ3) is 4.41. The molecule has 0 spiro atoms. The molecule has 2 aromatic heterocycles. The van der Waals surface area contributed by atoms with Gasteiger partial charge >= 0.3 is 0 Å². The topological polar surface area (TPSA) is 51.0 Å². The van der Waals surface area contributed by atoms with Crippen molar-refractivity contribution in [2.75, 3.05) is 5.32 Å². The highest BCUT2D eigenvalue weighted by molar-refractivity contribution is 6.33. The van der Waals surface area contributed by atoms with E-state index in [4.69, 9.17) is 26.0 Å². The molecule has 0 unspecified atom stereocenters. The number of nitrogens with zero attached hydrogens (tertiary/aromatic N) is 2. The van der Waals surface area contributed by atoms with Crippen LogP contribution in [-0.4, -0.2) is 9.97 Å². The molecule has 0 bridgehead atoms. The van der Waals surface area contributed by atoms with Gasteiger partial charge in [-0.3, -0.25) is 0 Å². The summed E-state index contributed by atoms with van der Waals surface area (Å²) in [5.41, 5.74) is 8.84. The molecule has 0 aliphatic heterocycles. The monoisotopic (exact) mass is 523 g/mol. The Bertz CT molecular complexity index is 1950. The number of para-hydroxylation sites is 1. The van der Waals surface area contributed by atoms with Gasteiger partial charge in [0, 0.05) is 22.2 Å². The van der Waals surface area contributed by atoms with E-state index in [1.54, 1.807) is 0 Å². The van der Waals surface area contributed by atoms with Gasteiger partial charge in [-0.1, -0.05) is 103 Å². The van der Waals surface area contributed by atoms with Gasteiger partial charge in [-0.05, 0) is 47.5 Å². The molecule has 7 aromatic rings. The molecular weight excluding hydrogens is 502 g/mol. The highest BCUT2D eigenvalue weighted by Gasteiger charge is 2.19. The minimum absolute atomic E-state index is 0.645. The van der Waals surface area contributed by atoms with Crippen molar-refractivity contribution in [2.24, 2.45) is 0 Å². The van der Waals surface area contributed by atoms with E-state index in [1.165, 1.54) is 0 Å². The number of fused-ring (bicyclic) bond motifs is 3. The summed E-state index contributed by atoms with van der Waals surface area (Å²) in [5, 5.41) is 4.98. The van der Waals surface area contributed by atoms with Crippen LogP contribution in [0.15, 0.2) is 132 Å². The predicted octanol–water partition coefficient (Wildman–Crippen LogP) is 9.77. The average Bonchev–Trinajstić information content (AvgIpc) is 3.37. The second kappa shape index (κ2) is 9.75. The molecule has 0 aliphatic carbocycles. The Morgan fingerprint density at radius 3 is 2.08 bits per heavy atom. The number of benzene rings is 5. The van der Waals surface area contributed by atoms with Crippen LogP contribution < -0.4 is 5.32 Å². The summed E-state index contributed by atoms with van der Waals surface area (Å²) in [6.45, 7) is 0. The molecule has 186 valence electrons. The Morgan fingerprint density at radius 1 is 0.590 bits per heavy atom. The fourth-order valence-electron chi connectivity index (χ4n) is 4.83. The molecule has 5 aromatic carbocycles. The first-order chi connectivity index (χ1) is 19.2. The van der Waals surface area contributed by atoms with Crippen molar-refractivity contribution in [2.45, 2.75) is 0 Å². The SMILES string of the molecule is Clc1ccccc1Nc1ccc2oc3c(-c4ccccc4)nc(-c4cccc(-c5ccccc5)c4)nc3c2c1. The zero-order valence-electron chi connectivity index (χ0n) is 20.8. The summed E-state index contributed by atoms with van der Waals surface area (Å²) >= 11 is 6.40. The second-order valence-corrected chi connectivity index (χ2v) is 9.71. The molecule has 0 aliphatic rings. The number of aromatic nitrogens is 2. The Kier molecular flexibility index (Phi) is 5.80. The third-order valence-electron chi connectivity index (χ3n) is 6.74. The minimum atomic E-state index is 0.645. The van der Waals surface area contributed by atoms with E-state index in [0.717, 1.165) is 55.8 Å². The number of anilines is 2. The Hall–Kier alpha value is -4.93. The van der Waals surface area contributed by atoms with Gasteiger partial charge < -0.3 is 9.73 Å². The van der Waals surface area contributed by atoms with Crippen LogP contribution in [0.25, 0.3) is 55.8 Å². The van der Waals surface area contributed by atoms with Crippen molar-refractivity contribution in [1.82, 2.24) is 9.97 Å². The van der Waals surface area contributed by atoms with E-state index in [9.17, 15) is 0 Å². The van der Waals surface area contributed by atoms with E-state index < -0.39 is 0 Å². The molecule has 0 atom stereocenters. The van der Waals surface area contributed by atoms with Gasteiger partial charge in [0.1, 0.15) is 16.8 Å². The number of hydrogen-bond donors (Lipinski definition) is 1. The van der Waals surface area contributed by atoms with Gasteiger partial charge in [-0.25, -0.2) is 9.97 Å². The third-order valence-corrected chi connectivity index (χ3v) is 7.07. The summed E-state index contributed by atoms with van der Waals surface area (Å²) in [5.74, 6) is 0.645. The van der Waals surface area contributed by atoms with Crippen LogP contribution in [0.5, 0.6) is 0 Å². The lowest BCUT2D eigenvalue weighted by Crippen LogP contribution is -1.94. The first-order valence-electron chi connectivity index (χ1n) is 12.7. The van der Waals surface area contributed by atoms with Crippen molar-refractivity contribution in [3.63, 3.8) is 0 Å². The van der Waals surface area contributed by atoms with Crippen molar-refractivity contribution >= 4 is 45.0 Å². The molecule has 2 heterocycles. The largest absolute Gasteiger partial charge is 0.452 e. The fourth-order valence-corrected chi connectivity index (χ4v) is 5.01. The standard InChI is InChI=1S/C34H22ClN3O/c35-28-16-7-8-17-29(28)36-26-18-19-30-27(21-26)32-33(39-30)31(23-12-5-2-6-13-23)37-34(38-32)25-15-9-14-24(20-25)22-10-3-1-4-11-22/h1-21,36H. The lowest BCUT2D eigenvalue weighted by Gasteiger charge is -2.09. The zero-order chi connectivity index (χ0) is 26.2. The molecule has 0 saturated carbocycles. The van der Waals surface area contributed by atoms with Crippen LogP contribution in [-0.2, 0) is 0 Å². The molecular formula is C34H22ClN3O. The first-order valence-corrected chi connectivity index (χ1v) is 13.1. The van der Waals surface area contributed by atoms with Crippen molar-refractivity contribution in [3.8, 4) is 33.8 Å². The number of hydrogen-bond acceptors (Lipinski definition) is 4. The molecule has 7 rings (SSSR count). The van der Waals surface area contributed by atoms with Crippen LogP contribution in [0.4, 0.5) is 11.4 Å². The molecule has 0 saturated heterocycles. The van der Waals surface area contributed by atoms with Crippen molar-refractivity contribution in [1.29, 1.82) is 0 Å². The number of rotatable bonds is 5. The summed E-state index contributed by atoms with van der Waals surface area (Å²) in [7, 11) is 0. The molecule has 5 heteroatoms. The highest BCUT2D eigenvalue weighted by Crippen LogP contribution is 2.37. The quantitative estimate of drug-likeness (QED) is 0.244. The van der Waals surface area contributed by atoms with E-state index in [2.05, 4.69) is 41.7 Å². The Labute approximate surface area is 230 Å². The zero-order valence-corrected chi connectivity index (χ0v) is 21.6. The van der Waals surface area contributed by atoms with E-state index in [-0.39, 0.29) is 0 Å². The van der Waals surface area contributed by atoms with Crippen LogP contribution in [0, 0.1) is 0 Å². The summed E-state index contributed by atoms with van der Waals surface area (Å²) in [6.07, 6.45) is 0. The van der Waals surface area contributed by atoms with Crippen LogP contribution >= 0.6 is 11.6 Å². The van der Waals surface area contributed by atoms with Crippen LogP contribution in [0.2, 0.25) is 5.02 Å². The summed E-state index contributed by atoms with van der Waals surface area (Å²) in [4.78, 5) is 10.1. The lowest BCUT2D eigenvalue weighted by atomic mass is 10.0. The number of halogens is 1. The average molecular weight is 524 g/mol. The smallest absolute Gasteiger partial charge is 0.180 e. The summed E-state index contributed by atoms with van der Waals surface area (Å²) in [6, 6.07) is 42.4. The Morgan fingerprint density at radius 2 is 1.28 bits per heavy atom. The second-order valence-electron chi connectivity index (χ2n) is 9.30. The molecule has 0 fully saturated rings. The highest BCUT2D eigenvalue weighted by atomic mass is 35.5. The van der Waals surface area contributed by atoms with Crippen molar-refractivity contribution in [3.05, 3.63) is 132 Å². The molecule has 39 heavy (non-hydrogen) atoms. The molecule has 1 N–H and O–H groups in total. The molecule has 4 nitrogen and oxygen atoms in total. The van der Waals surface area contributed by atoms with Gasteiger partial charge in [0.15, 0.2) is 11.4 Å². The fraction of sp³-hybridized carbons (Fsp3) is 0. The lowest BCUT2D eigenvalue weighted by molar-refractivity contribution is 0.667. The van der Waals surface area contributed by atoms with Gasteiger partial charge in [-0.15, -0.1) is 0 Å². The number of nitrogens with one attached hydrogen (secondary N) is 1. The maximum atomic E-state index is 6.40. The van der Waals surface area contributed by atoms with E-state index >= 15 is 0 Å². The van der Waals surface area contributed by atoms with E-state index in [0.29, 0.717) is 16.4 Å². The molecule has 0 amide bonds. The predicted molar refractivity (Wildman–Crippen MR) is 160 cm³/mol. The maximum Gasteiger partial charge on any atom is 0.180 e. The minimum Gasteiger partial charge on any atom is -0.452 e. The van der Waals surface area contributed by atoms with Gasteiger partial charge in [0.2, 0.25) is 0 Å². The summed E-state index contributed by atoms with van der Waals surface area (Å²) < 4.78 is 6.37. The first kappa shape index (κ1) is 23.2. The van der Waals surface area contributed by atoms with Crippen LogP contribution in [0.3, 0.4) is 0 Å². The maximum absolute atomic E-state index is 6.40. The Balaban J connectivity index is 1.42. The van der Waals surface area contributed by atoms with Gasteiger partial charge in [0.25, 0.3) is 0 Å². The van der Waals surface area contributed by atoms with Crippen molar-refractivity contribution < 1.29 is 4.42 Å². The number of furan rings is 1. The van der Waals surface area contributed by atoms with E-state index in [1.807, 2.05) is 91.0 Å². The van der Waals surface area contributed by atoms with Gasteiger partial charge in [-0.2, -0.15) is 0 Å². The normalized spacial score (nSPS) is 11.2. The van der Waals surface area contributed by atoms with Crippen LogP contribution in [0.1, 0.15) is 0 Å². The molecule has 0 radical (unpaired) electrons.